The lowest BCUT2D eigenvalue weighted by Gasteiger charge is -1.99. The van der Waals surface area contributed by atoms with Crippen LogP contribution >= 0.6 is 15.9 Å². The number of aromatic nitrogens is 2. The SMILES string of the molecule is O=c1[nH]c(/C=C\c2ccc(Br)cc2F)nc2ccccc12. The molecule has 0 saturated heterocycles. The van der Waals surface area contributed by atoms with Crippen LogP contribution in [0.25, 0.3) is 23.1 Å². The molecule has 104 valence electrons. The van der Waals surface area contributed by atoms with E-state index in [1.807, 2.05) is 6.07 Å². The van der Waals surface area contributed by atoms with Crippen LogP contribution in [-0.4, -0.2) is 9.97 Å². The molecule has 1 heterocycles. The Bertz CT molecular complexity index is 902. The molecule has 3 aromatic rings. The summed E-state index contributed by atoms with van der Waals surface area (Å²) in [5.74, 6) is 0.0461. The molecule has 0 radical (unpaired) electrons. The maximum Gasteiger partial charge on any atom is 0.259 e. The van der Waals surface area contributed by atoms with Gasteiger partial charge < -0.3 is 4.98 Å². The number of nitrogens with zero attached hydrogens (tertiary/aromatic N) is 1. The molecule has 3 rings (SSSR count). The molecule has 0 bridgehead atoms. The van der Waals surface area contributed by atoms with Gasteiger partial charge in [0.25, 0.3) is 5.56 Å². The second-order valence-corrected chi connectivity index (χ2v) is 5.38. The summed E-state index contributed by atoms with van der Waals surface area (Å²) in [7, 11) is 0. The van der Waals surface area contributed by atoms with Crippen molar-refractivity contribution in [1.29, 1.82) is 0 Å². The smallest absolute Gasteiger partial charge is 0.259 e. The summed E-state index contributed by atoms with van der Waals surface area (Å²) in [5, 5.41) is 0.532. The molecule has 0 spiro atoms. The van der Waals surface area contributed by atoms with Crippen LogP contribution in [-0.2, 0) is 0 Å². The summed E-state index contributed by atoms with van der Waals surface area (Å²) >= 11 is 3.21. The lowest BCUT2D eigenvalue weighted by atomic mass is 10.2. The lowest BCUT2D eigenvalue weighted by molar-refractivity contribution is 0.624. The molecule has 1 aromatic heterocycles. The molecule has 3 nitrogen and oxygen atoms in total. The van der Waals surface area contributed by atoms with Gasteiger partial charge in [-0.3, -0.25) is 4.79 Å². The lowest BCUT2D eigenvalue weighted by Crippen LogP contribution is -2.09. The number of hydrogen-bond acceptors (Lipinski definition) is 2. The summed E-state index contributed by atoms with van der Waals surface area (Å²) in [6.45, 7) is 0. The molecule has 0 saturated carbocycles. The largest absolute Gasteiger partial charge is 0.306 e. The van der Waals surface area contributed by atoms with Gasteiger partial charge in [-0.1, -0.05) is 34.1 Å². The summed E-state index contributed by atoms with van der Waals surface area (Å²) in [6, 6.07) is 11.9. The monoisotopic (exact) mass is 344 g/mol. The number of rotatable bonds is 2. The minimum Gasteiger partial charge on any atom is -0.306 e. The first-order valence-corrected chi connectivity index (χ1v) is 7.05. The number of H-pyrrole nitrogens is 1. The second-order valence-electron chi connectivity index (χ2n) is 4.47. The summed E-state index contributed by atoms with van der Waals surface area (Å²) in [6.07, 6.45) is 3.16. The summed E-state index contributed by atoms with van der Waals surface area (Å²) < 4.78 is 14.4. The van der Waals surface area contributed by atoms with Gasteiger partial charge in [0.2, 0.25) is 0 Å². The fourth-order valence-electron chi connectivity index (χ4n) is 1.99. The van der Waals surface area contributed by atoms with Crippen molar-refractivity contribution in [1.82, 2.24) is 9.97 Å². The van der Waals surface area contributed by atoms with Crippen LogP contribution in [0.15, 0.2) is 51.7 Å². The van der Waals surface area contributed by atoms with Gasteiger partial charge in [0.1, 0.15) is 11.6 Å². The van der Waals surface area contributed by atoms with E-state index in [4.69, 9.17) is 0 Å². The van der Waals surface area contributed by atoms with Crippen LogP contribution < -0.4 is 5.56 Å². The van der Waals surface area contributed by atoms with E-state index in [2.05, 4.69) is 25.9 Å². The quantitative estimate of drug-likeness (QED) is 0.763. The average Bonchev–Trinajstić information content (AvgIpc) is 2.46. The minimum atomic E-state index is -0.344. The fourth-order valence-corrected chi connectivity index (χ4v) is 2.32. The highest BCUT2D eigenvalue weighted by Gasteiger charge is 2.02. The second kappa shape index (κ2) is 5.61. The van der Waals surface area contributed by atoms with Crippen molar-refractivity contribution in [3.05, 3.63) is 74.5 Å². The van der Waals surface area contributed by atoms with Crippen molar-refractivity contribution in [2.24, 2.45) is 0 Å². The van der Waals surface area contributed by atoms with Crippen LogP contribution in [0, 0.1) is 5.82 Å². The Kier molecular flexibility index (Phi) is 3.66. The van der Waals surface area contributed by atoms with Crippen LogP contribution in [0.5, 0.6) is 0 Å². The molecule has 1 N–H and O–H groups in total. The van der Waals surface area contributed by atoms with E-state index in [1.54, 1.807) is 42.5 Å². The molecule has 0 amide bonds. The Morgan fingerprint density at radius 1 is 1.14 bits per heavy atom. The number of benzene rings is 2. The van der Waals surface area contributed by atoms with E-state index in [-0.39, 0.29) is 11.4 Å². The van der Waals surface area contributed by atoms with E-state index in [9.17, 15) is 9.18 Å². The first kappa shape index (κ1) is 13.7. The highest BCUT2D eigenvalue weighted by atomic mass is 79.9. The third-order valence-corrected chi connectivity index (χ3v) is 3.51. The zero-order valence-electron chi connectivity index (χ0n) is 10.8. The Labute approximate surface area is 128 Å². The number of fused-ring (bicyclic) bond motifs is 1. The van der Waals surface area contributed by atoms with Gasteiger partial charge in [-0.15, -0.1) is 0 Å². The topological polar surface area (TPSA) is 45.8 Å². The van der Waals surface area contributed by atoms with E-state index >= 15 is 0 Å². The molecule has 0 aliphatic carbocycles. The van der Waals surface area contributed by atoms with Gasteiger partial charge >= 0.3 is 0 Å². The van der Waals surface area contributed by atoms with Gasteiger partial charge in [-0.2, -0.15) is 0 Å². The maximum absolute atomic E-state index is 13.7. The van der Waals surface area contributed by atoms with Gasteiger partial charge in [0.05, 0.1) is 10.9 Å². The normalized spacial score (nSPS) is 11.3. The van der Waals surface area contributed by atoms with Crippen molar-refractivity contribution in [2.75, 3.05) is 0 Å². The number of hydrogen-bond donors (Lipinski definition) is 1. The number of halogens is 2. The Hall–Kier alpha value is -2.27. The third kappa shape index (κ3) is 2.92. The number of aromatic amines is 1. The summed E-state index contributed by atoms with van der Waals surface area (Å²) in [5.41, 5.74) is 0.822. The Morgan fingerprint density at radius 2 is 1.95 bits per heavy atom. The molecule has 0 atom stereocenters. The predicted octanol–water partition coefficient (Wildman–Crippen LogP) is 4.00. The zero-order valence-corrected chi connectivity index (χ0v) is 12.4. The fraction of sp³-hybridized carbons (Fsp3) is 0. The molecule has 0 aliphatic heterocycles. The Morgan fingerprint density at radius 3 is 2.76 bits per heavy atom. The van der Waals surface area contributed by atoms with Crippen LogP contribution in [0.3, 0.4) is 0 Å². The first-order valence-electron chi connectivity index (χ1n) is 6.26. The van der Waals surface area contributed by atoms with Crippen molar-refractivity contribution in [3.63, 3.8) is 0 Å². The van der Waals surface area contributed by atoms with E-state index < -0.39 is 0 Å². The molecular formula is C16H10BrFN2O. The molecule has 5 heteroatoms. The predicted molar refractivity (Wildman–Crippen MR) is 85.4 cm³/mol. The van der Waals surface area contributed by atoms with Gasteiger partial charge in [0.15, 0.2) is 0 Å². The molecule has 2 aromatic carbocycles. The Balaban J connectivity index is 2.01. The van der Waals surface area contributed by atoms with Gasteiger partial charge in [-0.25, -0.2) is 9.37 Å². The van der Waals surface area contributed by atoms with Crippen LogP contribution in [0.4, 0.5) is 4.39 Å². The third-order valence-electron chi connectivity index (χ3n) is 3.01. The standard InChI is InChI=1S/C16H10BrFN2O/c17-11-7-5-10(13(18)9-11)6-8-15-19-14-4-2-1-3-12(14)16(21)20-15/h1-9H,(H,19,20,21)/b8-6-. The van der Waals surface area contributed by atoms with E-state index in [0.29, 0.717) is 26.8 Å². The highest BCUT2D eigenvalue weighted by molar-refractivity contribution is 9.10. The van der Waals surface area contributed by atoms with Crippen molar-refractivity contribution >= 4 is 39.0 Å². The number of nitrogens with one attached hydrogen (secondary N) is 1. The van der Waals surface area contributed by atoms with Gasteiger partial charge in [0, 0.05) is 10.0 Å². The highest BCUT2D eigenvalue weighted by Crippen LogP contribution is 2.17. The van der Waals surface area contributed by atoms with Crippen molar-refractivity contribution in [2.45, 2.75) is 0 Å². The number of para-hydroxylation sites is 1. The van der Waals surface area contributed by atoms with Crippen molar-refractivity contribution < 1.29 is 4.39 Å². The molecule has 0 unspecified atom stereocenters. The maximum atomic E-state index is 13.7. The molecular weight excluding hydrogens is 335 g/mol. The average molecular weight is 345 g/mol. The molecule has 0 aliphatic rings. The van der Waals surface area contributed by atoms with Gasteiger partial charge in [-0.05, 0) is 36.4 Å². The van der Waals surface area contributed by atoms with E-state index in [1.165, 1.54) is 6.07 Å². The zero-order chi connectivity index (χ0) is 14.8. The van der Waals surface area contributed by atoms with Crippen LogP contribution in [0.2, 0.25) is 0 Å². The van der Waals surface area contributed by atoms with E-state index in [0.717, 1.165) is 0 Å². The molecule has 0 fully saturated rings. The summed E-state index contributed by atoms with van der Waals surface area (Å²) in [4.78, 5) is 18.9. The van der Waals surface area contributed by atoms with Crippen LogP contribution in [0.1, 0.15) is 11.4 Å². The van der Waals surface area contributed by atoms with Crippen molar-refractivity contribution in [3.8, 4) is 0 Å². The minimum absolute atomic E-state index is 0.212. The molecule has 21 heavy (non-hydrogen) atoms. The first-order chi connectivity index (χ1) is 10.1.